The van der Waals surface area contributed by atoms with E-state index in [9.17, 15) is 10.5 Å². The molecule has 0 amide bonds. The zero-order chi connectivity index (χ0) is 35.7. The molecule has 53 heavy (non-hydrogen) atoms. The van der Waals surface area contributed by atoms with Gasteiger partial charge in [-0.15, -0.1) is 0 Å². The number of fused-ring (bicyclic) bond motifs is 3. The lowest BCUT2D eigenvalue weighted by Gasteiger charge is -2.21. The van der Waals surface area contributed by atoms with Crippen molar-refractivity contribution < 1.29 is 0 Å². The minimum atomic E-state index is 0.561. The molecule has 5 heteroatoms. The average Bonchev–Trinajstić information content (AvgIpc) is 3.56. The summed E-state index contributed by atoms with van der Waals surface area (Å²) < 4.78 is 2.28. The Kier molecular flexibility index (Phi) is 7.86. The first-order valence-corrected chi connectivity index (χ1v) is 17.4. The number of rotatable bonds is 6. The van der Waals surface area contributed by atoms with Crippen LogP contribution in [0.15, 0.2) is 176 Å². The molecule has 9 rings (SSSR count). The number of nitriles is 2. The molecule has 0 atom stereocenters. The van der Waals surface area contributed by atoms with Gasteiger partial charge in [0.15, 0.2) is 5.82 Å². The minimum Gasteiger partial charge on any atom is -0.308 e. The summed E-state index contributed by atoms with van der Waals surface area (Å²) in [4.78, 5) is 10.4. The largest absolute Gasteiger partial charge is 0.308 e. The van der Waals surface area contributed by atoms with Crippen LogP contribution in [-0.4, -0.2) is 14.5 Å². The van der Waals surface area contributed by atoms with Gasteiger partial charge in [-0.05, 0) is 65.7 Å². The molecule has 5 nitrogen and oxygen atoms in total. The Balaban J connectivity index is 1.41. The van der Waals surface area contributed by atoms with Crippen LogP contribution < -0.4 is 0 Å². The summed E-state index contributed by atoms with van der Waals surface area (Å²) in [5, 5.41) is 21.6. The van der Waals surface area contributed by atoms with Crippen LogP contribution in [0.4, 0.5) is 0 Å². The third-order valence-corrected chi connectivity index (χ3v) is 9.65. The van der Waals surface area contributed by atoms with Gasteiger partial charge in [0.1, 0.15) is 0 Å². The lowest BCUT2D eigenvalue weighted by Crippen LogP contribution is -2.03. The van der Waals surface area contributed by atoms with Gasteiger partial charge in [-0.2, -0.15) is 10.5 Å². The van der Waals surface area contributed by atoms with Crippen LogP contribution in [0.2, 0.25) is 0 Å². The summed E-state index contributed by atoms with van der Waals surface area (Å²) in [5.41, 5.74) is 12.6. The van der Waals surface area contributed by atoms with Crippen LogP contribution in [0, 0.1) is 22.7 Å². The van der Waals surface area contributed by atoms with E-state index in [1.807, 2.05) is 84.9 Å². The first kappa shape index (κ1) is 31.4. The number of benzene rings is 7. The molecule has 0 saturated heterocycles. The van der Waals surface area contributed by atoms with E-state index >= 15 is 0 Å². The van der Waals surface area contributed by atoms with Gasteiger partial charge in [-0.3, -0.25) is 0 Å². The molecule has 2 aromatic heterocycles. The minimum absolute atomic E-state index is 0.561. The van der Waals surface area contributed by atoms with Crippen LogP contribution in [-0.2, 0) is 0 Å². The van der Waals surface area contributed by atoms with Crippen molar-refractivity contribution in [3.63, 3.8) is 0 Å². The highest BCUT2D eigenvalue weighted by atomic mass is 15.0. The first-order chi connectivity index (χ1) is 26.2. The van der Waals surface area contributed by atoms with E-state index in [0.717, 1.165) is 77.8 Å². The summed E-state index contributed by atoms with van der Waals surface area (Å²) >= 11 is 0. The Hall–Kier alpha value is -7.60. The normalized spacial score (nSPS) is 11.0. The number of hydrogen-bond donors (Lipinski definition) is 0. The van der Waals surface area contributed by atoms with Crippen LogP contribution in [0.25, 0.3) is 83.6 Å². The number of nitrogens with zero attached hydrogens (tertiary/aromatic N) is 5. The highest BCUT2D eigenvalue weighted by molar-refractivity contribution is 6.11. The molecule has 0 bridgehead atoms. The highest BCUT2D eigenvalue weighted by Crippen LogP contribution is 2.44. The van der Waals surface area contributed by atoms with E-state index in [1.165, 1.54) is 0 Å². The second kappa shape index (κ2) is 13.3. The van der Waals surface area contributed by atoms with Gasteiger partial charge >= 0.3 is 0 Å². The molecular weight excluding hydrogens is 647 g/mol. The maximum absolute atomic E-state index is 9.88. The van der Waals surface area contributed by atoms with E-state index in [1.54, 1.807) is 0 Å². The maximum atomic E-state index is 9.88. The van der Waals surface area contributed by atoms with E-state index in [-0.39, 0.29) is 0 Å². The van der Waals surface area contributed by atoms with Crippen molar-refractivity contribution in [1.29, 1.82) is 10.5 Å². The Morgan fingerprint density at radius 1 is 0.396 bits per heavy atom. The second-order valence-corrected chi connectivity index (χ2v) is 12.9. The molecule has 9 aromatic rings. The van der Waals surface area contributed by atoms with Gasteiger partial charge < -0.3 is 4.57 Å². The van der Waals surface area contributed by atoms with Gasteiger partial charge in [0.05, 0.1) is 51.4 Å². The van der Waals surface area contributed by atoms with Crippen LogP contribution >= 0.6 is 0 Å². The van der Waals surface area contributed by atoms with Crippen molar-refractivity contribution in [2.75, 3.05) is 0 Å². The lowest BCUT2D eigenvalue weighted by atomic mass is 9.92. The molecule has 0 saturated carbocycles. The molecule has 0 aliphatic rings. The van der Waals surface area contributed by atoms with Gasteiger partial charge in [0, 0.05) is 38.6 Å². The van der Waals surface area contributed by atoms with Crippen molar-refractivity contribution in [2.45, 2.75) is 0 Å². The molecule has 0 aliphatic heterocycles. The first-order valence-electron chi connectivity index (χ1n) is 17.4. The molecule has 0 N–H and O–H groups in total. The SMILES string of the molecule is N#Cc1ccc2c(c1)c1cc(C#N)ccc1n2-c1c(-c2ccccc2)cc(-c2nc(-c3ccccc3)cc(-c3ccccc3)n2)cc1-c1ccccc1. The Labute approximate surface area is 307 Å². The third-order valence-electron chi connectivity index (χ3n) is 9.65. The molecule has 0 radical (unpaired) electrons. The summed E-state index contributed by atoms with van der Waals surface area (Å²) in [6.45, 7) is 0. The topological polar surface area (TPSA) is 78.3 Å². The van der Waals surface area contributed by atoms with Crippen molar-refractivity contribution in [1.82, 2.24) is 14.5 Å². The van der Waals surface area contributed by atoms with Gasteiger partial charge in [0.2, 0.25) is 0 Å². The van der Waals surface area contributed by atoms with Crippen molar-refractivity contribution >= 4 is 21.8 Å². The zero-order valence-corrected chi connectivity index (χ0v) is 28.5. The third kappa shape index (κ3) is 5.69. The van der Waals surface area contributed by atoms with E-state index in [4.69, 9.17) is 9.97 Å². The van der Waals surface area contributed by atoms with Crippen molar-refractivity contribution in [3.05, 3.63) is 187 Å². The van der Waals surface area contributed by atoms with E-state index < -0.39 is 0 Å². The van der Waals surface area contributed by atoms with Crippen LogP contribution in [0.5, 0.6) is 0 Å². The zero-order valence-electron chi connectivity index (χ0n) is 28.5. The molecule has 0 spiro atoms. The van der Waals surface area contributed by atoms with Crippen LogP contribution in [0.3, 0.4) is 0 Å². The van der Waals surface area contributed by atoms with Crippen molar-refractivity contribution in [3.8, 4) is 74.0 Å². The predicted molar refractivity (Wildman–Crippen MR) is 213 cm³/mol. The molecular formula is C48H29N5. The molecule has 246 valence electrons. The van der Waals surface area contributed by atoms with E-state index in [2.05, 4.69) is 108 Å². The monoisotopic (exact) mass is 675 g/mol. The van der Waals surface area contributed by atoms with E-state index in [0.29, 0.717) is 17.0 Å². The quantitative estimate of drug-likeness (QED) is 0.176. The van der Waals surface area contributed by atoms with Gasteiger partial charge in [-0.25, -0.2) is 9.97 Å². The molecule has 2 heterocycles. The summed E-state index contributed by atoms with van der Waals surface area (Å²) in [6.07, 6.45) is 0. The second-order valence-electron chi connectivity index (χ2n) is 12.9. The Bertz CT molecular complexity index is 2690. The molecule has 0 aliphatic carbocycles. The number of aromatic nitrogens is 3. The summed E-state index contributed by atoms with van der Waals surface area (Å²) in [7, 11) is 0. The smallest absolute Gasteiger partial charge is 0.160 e. The fourth-order valence-electron chi connectivity index (χ4n) is 7.17. The van der Waals surface area contributed by atoms with Crippen molar-refractivity contribution in [2.24, 2.45) is 0 Å². The lowest BCUT2D eigenvalue weighted by molar-refractivity contribution is 1.16. The summed E-state index contributed by atoms with van der Waals surface area (Å²) in [6, 6.07) is 63.8. The Morgan fingerprint density at radius 2 is 0.792 bits per heavy atom. The number of hydrogen-bond acceptors (Lipinski definition) is 4. The maximum Gasteiger partial charge on any atom is 0.160 e. The van der Waals surface area contributed by atoms with Crippen LogP contribution in [0.1, 0.15) is 11.1 Å². The van der Waals surface area contributed by atoms with Gasteiger partial charge in [0.25, 0.3) is 0 Å². The fourth-order valence-corrected chi connectivity index (χ4v) is 7.17. The molecule has 7 aromatic carbocycles. The average molecular weight is 676 g/mol. The fraction of sp³-hybridized carbons (Fsp3) is 0. The predicted octanol–water partition coefficient (Wildman–Crippen LogP) is 11.7. The molecule has 0 unspecified atom stereocenters. The van der Waals surface area contributed by atoms with Gasteiger partial charge in [-0.1, -0.05) is 121 Å². The summed E-state index contributed by atoms with van der Waals surface area (Å²) in [5.74, 6) is 0.616. The molecule has 0 fully saturated rings. The highest BCUT2D eigenvalue weighted by Gasteiger charge is 2.23. The Morgan fingerprint density at radius 3 is 1.19 bits per heavy atom. The standard InChI is InChI=1S/C48H29N5/c49-30-32-21-23-45-41(25-32)42-26-33(31-50)22-24-46(42)53(45)47-39(34-13-5-1-6-14-34)27-38(28-40(47)35-15-7-2-8-16-35)48-51-43(36-17-9-3-10-18-36)29-44(52-48)37-19-11-4-12-20-37/h1-29H.